The maximum Gasteiger partial charge on any atom is 0.410 e. The van der Waals surface area contributed by atoms with Crippen molar-refractivity contribution in [3.63, 3.8) is 0 Å². The molecule has 1 saturated heterocycles. The van der Waals surface area contributed by atoms with Gasteiger partial charge in [-0.1, -0.05) is 29.8 Å². The highest BCUT2D eigenvalue weighted by Crippen LogP contribution is 2.40. The Morgan fingerprint density at radius 2 is 1.90 bits per heavy atom. The third kappa shape index (κ3) is 3.85. The van der Waals surface area contributed by atoms with Gasteiger partial charge in [-0.2, -0.15) is 0 Å². The Balaban J connectivity index is 1.44. The van der Waals surface area contributed by atoms with E-state index in [4.69, 9.17) is 25.8 Å². The average Bonchev–Trinajstić information content (AvgIpc) is 3.28. The Morgan fingerprint density at radius 3 is 2.62 bits per heavy atom. The van der Waals surface area contributed by atoms with Crippen LogP contribution in [0.5, 0.6) is 11.5 Å². The quantitative estimate of drug-likeness (QED) is 0.715. The molecule has 8 heteroatoms. The minimum Gasteiger partial charge on any atom is -0.444 e. The summed E-state index contributed by atoms with van der Waals surface area (Å²) in [7, 11) is 0. The maximum atomic E-state index is 12.4. The first-order valence-electron chi connectivity index (χ1n) is 9.33. The van der Waals surface area contributed by atoms with E-state index >= 15 is 0 Å². The molecule has 4 rings (SSSR count). The van der Waals surface area contributed by atoms with Crippen molar-refractivity contribution in [3.8, 4) is 11.5 Å². The molecular weight excluding hydrogens is 398 g/mol. The van der Waals surface area contributed by atoms with Gasteiger partial charge >= 0.3 is 11.9 Å². The van der Waals surface area contributed by atoms with Crippen LogP contribution in [0, 0.1) is 0 Å². The highest BCUT2D eigenvalue weighted by molar-refractivity contribution is 6.30. The molecule has 2 radical (unpaired) electrons. The van der Waals surface area contributed by atoms with Gasteiger partial charge in [0.15, 0.2) is 24.7 Å². The third-order valence-electron chi connectivity index (χ3n) is 5.16. The van der Waals surface area contributed by atoms with E-state index in [1.54, 1.807) is 29.2 Å². The minimum absolute atomic E-state index is 0.129. The van der Waals surface area contributed by atoms with Gasteiger partial charge in [0.05, 0.1) is 6.54 Å². The van der Waals surface area contributed by atoms with Crippen LogP contribution < -0.4 is 9.47 Å². The summed E-state index contributed by atoms with van der Waals surface area (Å²) >= 11 is 6.04. The number of carbonyl (C=O) groups excluding carboxylic acids is 1. The van der Waals surface area contributed by atoms with Gasteiger partial charge in [0, 0.05) is 11.1 Å². The molecule has 0 unspecified atom stereocenters. The van der Waals surface area contributed by atoms with Crippen LogP contribution in [0.1, 0.15) is 24.2 Å². The second-order valence-electron chi connectivity index (χ2n) is 7.32. The Kier molecular flexibility index (Phi) is 5.29. The second-order valence-corrected chi connectivity index (χ2v) is 7.75. The lowest BCUT2D eigenvalue weighted by molar-refractivity contribution is -0.169. The Morgan fingerprint density at radius 1 is 1.14 bits per heavy atom. The first kappa shape index (κ1) is 19.8. The molecule has 0 N–H and O–H groups in total. The molecule has 1 fully saturated rings. The number of cyclic esters (lactones) is 1. The Bertz CT molecular complexity index is 916. The molecule has 0 aromatic heterocycles. The smallest absolute Gasteiger partial charge is 0.410 e. The van der Waals surface area contributed by atoms with Crippen LogP contribution in [-0.4, -0.2) is 42.6 Å². The van der Waals surface area contributed by atoms with E-state index in [1.165, 1.54) is 0 Å². The van der Waals surface area contributed by atoms with E-state index < -0.39 is 19.0 Å². The van der Waals surface area contributed by atoms with Crippen LogP contribution in [-0.2, 0) is 21.4 Å². The number of amides is 1. The van der Waals surface area contributed by atoms with Gasteiger partial charge in [-0.25, -0.2) is 15.0 Å². The predicted octanol–water partition coefficient (Wildman–Crippen LogP) is 3.79. The average molecular weight is 418 g/mol. The standard InChI is InChI=1S/C21H20ClNO6/c1-13(23-10-19(27-20(23)26)15-3-2-4-16(22)9-15)7-14-5-6-17-18(8-14)29-21(11-24,12-25)28-17/h2-6,8-9,13,19H,7,10-12H2,1H3/t13-,19+/m1/s1. The number of ether oxygens (including phenoxy) is 3. The van der Waals surface area contributed by atoms with E-state index in [0.717, 1.165) is 11.1 Å². The molecule has 0 aliphatic carbocycles. The fraction of sp³-hybridized carbons (Fsp3) is 0.381. The number of fused-ring (bicyclic) bond motifs is 1. The zero-order valence-electron chi connectivity index (χ0n) is 15.8. The van der Waals surface area contributed by atoms with E-state index in [-0.39, 0.29) is 18.2 Å². The van der Waals surface area contributed by atoms with Gasteiger partial charge in [0.1, 0.15) is 6.10 Å². The van der Waals surface area contributed by atoms with Crippen LogP contribution >= 0.6 is 11.6 Å². The Labute approximate surface area is 173 Å². The summed E-state index contributed by atoms with van der Waals surface area (Å²) in [6.45, 7) is 0.814. The van der Waals surface area contributed by atoms with Crippen LogP contribution in [0.15, 0.2) is 42.5 Å². The molecule has 7 nitrogen and oxygen atoms in total. The van der Waals surface area contributed by atoms with Crippen molar-refractivity contribution in [1.29, 1.82) is 0 Å². The summed E-state index contributed by atoms with van der Waals surface area (Å²) in [6, 6.07) is 12.4. The molecular formula is C21H20ClNO6. The van der Waals surface area contributed by atoms with Gasteiger partial charge in [0.25, 0.3) is 0 Å². The Hall–Kier alpha value is -2.48. The molecule has 2 aliphatic rings. The van der Waals surface area contributed by atoms with Crippen molar-refractivity contribution in [2.24, 2.45) is 0 Å². The minimum atomic E-state index is -1.67. The van der Waals surface area contributed by atoms with Gasteiger partial charge in [0.2, 0.25) is 0 Å². The van der Waals surface area contributed by atoms with Crippen molar-refractivity contribution in [3.05, 3.63) is 58.6 Å². The lowest BCUT2D eigenvalue weighted by Gasteiger charge is -2.22. The monoisotopic (exact) mass is 417 g/mol. The van der Waals surface area contributed by atoms with E-state index in [1.807, 2.05) is 25.1 Å². The summed E-state index contributed by atoms with van der Waals surface area (Å²) in [4.78, 5) is 14.1. The van der Waals surface area contributed by atoms with Crippen LogP contribution in [0.4, 0.5) is 4.79 Å². The predicted molar refractivity (Wildman–Crippen MR) is 102 cm³/mol. The molecule has 2 atom stereocenters. The maximum absolute atomic E-state index is 12.4. The van der Waals surface area contributed by atoms with Crippen molar-refractivity contribution in [2.45, 2.75) is 31.3 Å². The lowest BCUT2D eigenvalue weighted by Crippen LogP contribution is -2.45. The summed E-state index contributed by atoms with van der Waals surface area (Å²) in [5.41, 5.74) is 1.75. The zero-order valence-corrected chi connectivity index (χ0v) is 16.6. The molecule has 2 aliphatic heterocycles. The van der Waals surface area contributed by atoms with E-state index in [9.17, 15) is 15.0 Å². The number of halogens is 1. The number of carbonyl (C=O) groups is 1. The van der Waals surface area contributed by atoms with Crippen LogP contribution in [0.2, 0.25) is 5.02 Å². The van der Waals surface area contributed by atoms with Gasteiger partial charge in [-0.3, -0.25) is 0 Å². The van der Waals surface area contributed by atoms with Crippen molar-refractivity contribution >= 4 is 17.7 Å². The molecule has 29 heavy (non-hydrogen) atoms. The third-order valence-corrected chi connectivity index (χ3v) is 5.40. The molecule has 152 valence electrons. The fourth-order valence-electron chi connectivity index (χ4n) is 3.60. The summed E-state index contributed by atoms with van der Waals surface area (Å²) in [6.07, 6.45) is -0.189. The highest BCUT2D eigenvalue weighted by atomic mass is 35.5. The number of benzene rings is 2. The van der Waals surface area contributed by atoms with Gasteiger partial charge in [-0.05, 0) is 48.7 Å². The van der Waals surface area contributed by atoms with Crippen LogP contribution in [0.3, 0.4) is 0 Å². The van der Waals surface area contributed by atoms with Gasteiger partial charge in [-0.15, -0.1) is 0 Å². The molecule has 0 spiro atoms. The van der Waals surface area contributed by atoms with Crippen LogP contribution in [0.25, 0.3) is 0 Å². The van der Waals surface area contributed by atoms with Crippen molar-refractivity contribution < 1.29 is 29.2 Å². The normalized spacial score (nSPS) is 20.6. The number of hydrogen-bond donors (Lipinski definition) is 0. The highest BCUT2D eigenvalue weighted by Gasteiger charge is 2.42. The van der Waals surface area contributed by atoms with Crippen molar-refractivity contribution in [2.75, 3.05) is 19.8 Å². The summed E-state index contributed by atoms with van der Waals surface area (Å²) in [5.74, 6) is -0.910. The topological polar surface area (TPSA) is 87.8 Å². The second kappa shape index (κ2) is 7.74. The molecule has 2 heterocycles. The largest absolute Gasteiger partial charge is 0.444 e. The molecule has 1 amide bonds. The molecule has 2 aromatic rings. The fourth-order valence-corrected chi connectivity index (χ4v) is 3.79. The van der Waals surface area contributed by atoms with E-state index in [0.29, 0.717) is 29.5 Å². The molecule has 0 saturated carbocycles. The first-order chi connectivity index (χ1) is 13.9. The number of nitrogens with zero attached hydrogens (tertiary/aromatic N) is 1. The number of hydrogen-bond acceptors (Lipinski definition) is 4. The SMILES string of the molecule is C[C@H](Cc1ccc2c(c1)OC(C[O])(C[O])O2)N1C[C@@H](c2cccc(Cl)c2)OC1=O. The molecule has 0 bridgehead atoms. The lowest BCUT2D eigenvalue weighted by atomic mass is 10.0. The van der Waals surface area contributed by atoms with Gasteiger partial charge < -0.3 is 19.1 Å². The number of rotatable bonds is 6. The zero-order chi connectivity index (χ0) is 20.6. The first-order valence-corrected chi connectivity index (χ1v) is 9.71. The summed E-state index contributed by atoms with van der Waals surface area (Å²) < 4.78 is 16.4. The summed E-state index contributed by atoms with van der Waals surface area (Å²) in [5, 5.41) is 23.2. The van der Waals surface area contributed by atoms with Crippen molar-refractivity contribution in [1.82, 2.24) is 4.90 Å². The molecule has 2 aromatic carbocycles. The van der Waals surface area contributed by atoms with E-state index in [2.05, 4.69) is 0 Å².